The quantitative estimate of drug-likeness (QED) is 0.704. The Balaban J connectivity index is 1.90. The molecule has 2 N–H and O–H groups in total. The molecular weight excluding hydrogens is 350 g/mol. The number of carbonyl (C=O) groups excluding carboxylic acids is 3. The highest BCUT2D eigenvalue weighted by Crippen LogP contribution is 2.28. The van der Waals surface area contributed by atoms with Crippen LogP contribution in [0.4, 0.5) is 11.4 Å². The Hall–Kier alpha value is -2.77. The van der Waals surface area contributed by atoms with E-state index in [1.165, 1.54) is 6.92 Å². The highest BCUT2D eigenvalue weighted by molar-refractivity contribution is 5.90. The first-order chi connectivity index (χ1) is 12.9. The fourth-order valence-electron chi connectivity index (χ4n) is 3.03. The van der Waals surface area contributed by atoms with Gasteiger partial charge in [0.2, 0.25) is 11.8 Å². The average molecular weight is 377 g/mol. The normalized spacial score (nSPS) is 14.4. The van der Waals surface area contributed by atoms with Crippen molar-refractivity contribution in [1.29, 1.82) is 0 Å². The molecule has 1 aliphatic heterocycles. The minimum Gasteiger partial charge on any atom is -0.495 e. The Morgan fingerprint density at radius 3 is 2.52 bits per heavy atom. The van der Waals surface area contributed by atoms with Crippen LogP contribution in [0.15, 0.2) is 18.2 Å². The second-order valence-corrected chi connectivity index (χ2v) is 6.36. The molecule has 1 heterocycles. The summed E-state index contributed by atoms with van der Waals surface area (Å²) in [7, 11) is 1.54. The number of esters is 1. The zero-order valence-electron chi connectivity index (χ0n) is 16.0. The molecule has 0 radical (unpaired) electrons. The average Bonchev–Trinajstić information content (AvgIpc) is 2.66. The Morgan fingerprint density at radius 2 is 1.93 bits per heavy atom. The molecule has 0 aromatic heterocycles. The van der Waals surface area contributed by atoms with Crippen molar-refractivity contribution < 1.29 is 23.9 Å². The van der Waals surface area contributed by atoms with Gasteiger partial charge >= 0.3 is 5.97 Å². The van der Waals surface area contributed by atoms with Crippen LogP contribution < -0.4 is 15.4 Å². The van der Waals surface area contributed by atoms with Gasteiger partial charge in [0, 0.05) is 25.7 Å². The van der Waals surface area contributed by atoms with Crippen molar-refractivity contribution in [3.63, 3.8) is 0 Å². The number of piperidine rings is 1. The number of nitrogens with one attached hydrogen (secondary N) is 2. The maximum atomic E-state index is 12.5. The largest absolute Gasteiger partial charge is 0.495 e. The first-order valence-electron chi connectivity index (χ1n) is 9.08. The van der Waals surface area contributed by atoms with Crippen LogP contribution >= 0.6 is 0 Å². The molecule has 0 atom stereocenters. The van der Waals surface area contributed by atoms with Crippen molar-refractivity contribution in [1.82, 2.24) is 4.90 Å². The van der Waals surface area contributed by atoms with E-state index in [2.05, 4.69) is 10.6 Å². The first kappa shape index (κ1) is 20.5. The fourth-order valence-corrected chi connectivity index (χ4v) is 3.03. The van der Waals surface area contributed by atoms with E-state index < -0.39 is 0 Å². The SMILES string of the molecule is CCOC(=O)C1CCN(C(=O)CNc2cc(NC(C)=O)ccc2OC)CC1. The maximum Gasteiger partial charge on any atom is 0.309 e. The lowest BCUT2D eigenvalue weighted by atomic mass is 9.97. The van der Waals surface area contributed by atoms with Gasteiger partial charge in [-0.25, -0.2) is 0 Å². The molecule has 8 nitrogen and oxygen atoms in total. The summed E-state index contributed by atoms with van der Waals surface area (Å²) < 4.78 is 10.3. The smallest absolute Gasteiger partial charge is 0.309 e. The van der Waals surface area contributed by atoms with Crippen LogP contribution in [0.3, 0.4) is 0 Å². The Bertz CT molecular complexity index is 684. The molecule has 1 aromatic rings. The number of amides is 2. The van der Waals surface area contributed by atoms with Crippen LogP contribution in [0, 0.1) is 5.92 Å². The Kier molecular flexibility index (Phi) is 7.45. The molecule has 0 saturated carbocycles. The van der Waals surface area contributed by atoms with Gasteiger partial charge in [0.1, 0.15) is 5.75 Å². The van der Waals surface area contributed by atoms with Crippen LogP contribution in [0.1, 0.15) is 26.7 Å². The van der Waals surface area contributed by atoms with E-state index in [-0.39, 0.29) is 30.2 Å². The second-order valence-electron chi connectivity index (χ2n) is 6.36. The summed E-state index contributed by atoms with van der Waals surface area (Å²) in [6.07, 6.45) is 1.23. The molecule has 148 valence electrons. The van der Waals surface area contributed by atoms with Gasteiger partial charge in [0.25, 0.3) is 0 Å². The van der Waals surface area contributed by atoms with Crippen LogP contribution in [-0.4, -0.2) is 56.0 Å². The summed E-state index contributed by atoms with van der Waals surface area (Å²) in [5, 5.41) is 5.77. The zero-order valence-corrected chi connectivity index (χ0v) is 16.0. The maximum absolute atomic E-state index is 12.5. The first-order valence-corrected chi connectivity index (χ1v) is 9.08. The predicted molar refractivity (Wildman–Crippen MR) is 102 cm³/mol. The van der Waals surface area contributed by atoms with Gasteiger partial charge in [-0.15, -0.1) is 0 Å². The summed E-state index contributed by atoms with van der Waals surface area (Å²) in [6.45, 7) is 4.77. The molecule has 1 fully saturated rings. The van der Waals surface area contributed by atoms with Gasteiger partial charge in [0.05, 0.1) is 31.9 Å². The van der Waals surface area contributed by atoms with Crippen molar-refractivity contribution in [2.24, 2.45) is 5.92 Å². The monoisotopic (exact) mass is 377 g/mol. The molecule has 1 saturated heterocycles. The number of hydrogen-bond acceptors (Lipinski definition) is 6. The van der Waals surface area contributed by atoms with Crippen molar-refractivity contribution in [3.05, 3.63) is 18.2 Å². The third kappa shape index (κ3) is 5.87. The molecule has 1 aliphatic rings. The van der Waals surface area contributed by atoms with E-state index in [1.807, 2.05) is 0 Å². The number of carbonyl (C=O) groups is 3. The molecule has 0 aliphatic carbocycles. The van der Waals surface area contributed by atoms with Gasteiger partial charge in [-0.2, -0.15) is 0 Å². The number of rotatable bonds is 7. The number of likely N-dealkylation sites (tertiary alicyclic amines) is 1. The van der Waals surface area contributed by atoms with E-state index in [9.17, 15) is 14.4 Å². The predicted octanol–water partition coefficient (Wildman–Crippen LogP) is 1.87. The van der Waals surface area contributed by atoms with Crippen molar-refractivity contribution >= 4 is 29.2 Å². The third-order valence-corrected chi connectivity index (χ3v) is 4.42. The molecule has 2 amide bonds. The molecule has 8 heteroatoms. The minimum absolute atomic E-state index is 0.0516. The van der Waals surface area contributed by atoms with Gasteiger partial charge in [-0.1, -0.05) is 0 Å². The molecule has 1 aromatic carbocycles. The highest BCUT2D eigenvalue weighted by atomic mass is 16.5. The third-order valence-electron chi connectivity index (χ3n) is 4.42. The van der Waals surface area contributed by atoms with E-state index in [0.717, 1.165) is 0 Å². The minimum atomic E-state index is -0.178. The second kappa shape index (κ2) is 9.80. The highest BCUT2D eigenvalue weighted by Gasteiger charge is 2.28. The molecule has 0 unspecified atom stereocenters. The summed E-state index contributed by atoms with van der Waals surface area (Å²) in [5.74, 6) is 0.0486. The van der Waals surface area contributed by atoms with E-state index in [4.69, 9.17) is 9.47 Å². The van der Waals surface area contributed by atoms with Crippen LogP contribution in [0.5, 0.6) is 5.75 Å². The topological polar surface area (TPSA) is 97.0 Å². The van der Waals surface area contributed by atoms with Gasteiger partial charge in [0.15, 0.2) is 0 Å². The van der Waals surface area contributed by atoms with Crippen molar-refractivity contribution in [2.45, 2.75) is 26.7 Å². The number of methoxy groups -OCH3 is 1. The lowest BCUT2D eigenvalue weighted by Crippen LogP contribution is -2.43. The number of nitrogens with zero attached hydrogens (tertiary/aromatic N) is 1. The van der Waals surface area contributed by atoms with E-state index in [0.29, 0.717) is 49.7 Å². The summed E-state index contributed by atoms with van der Waals surface area (Å²) >= 11 is 0. The fraction of sp³-hybridized carbons (Fsp3) is 0.526. The lowest BCUT2D eigenvalue weighted by Gasteiger charge is -2.31. The van der Waals surface area contributed by atoms with Crippen LogP contribution in [-0.2, 0) is 19.1 Å². The zero-order chi connectivity index (χ0) is 19.8. The van der Waals surface area contributed by atoms with Gasteiger partial charge < -0.3 is 25.0 Å². The van der Waals surface area contributed by atoms with Gasteiger partial charge in [-0.3, -0.25) is 14.4 Å². The van der Waals surface area contributed by atoms with Crippen molar-refractivity contribution in [3.8, 4) is 5.75 Å². The summed E-state index contributed by atoms with van der Waals surface area (Å²) in [4.78, 5) is 37.2. The summed E-state index contributed by atoms with van der Waals surface area (Å²) in [5.41, 5.74) is 1.24. The lowest BCUT2D eigenvalue weighted by molar-refractivity contribution is -0.151. The van der Waals surface area contributed by atoms with Gasteiger partial charge in [-0.05, 0) is 38.0 Å². The molecule has 0 bridgehead atoms. The number of ether oxygens (including phenoxy) is 2. The Morgan fingerprint density at radius 1 is 1.22 bits per heavy atom. The standard InChI is InChI=1S/C19H27N3O5/c1-4-27-19(25)14-7-9-22(10-8-14)18(24)12-20-16-11-15(21-13(2)23)5-6-17(16)26-3/h5-6,11,14,20H,4,7-10,12H2,1-3H3,(H,21,23). The molecule has 2 rings (SSSR count). The molecule has 0 spiro atoms. The number of anilines is 2. The number of benzene rings is 1. The Labute approximate surface area is 159 Å². The van der Waals surface area contributed by atoms with E-state index in [1.54, 1.807) is 37.1 Å². The van der Waals surface area contributed by atoms with Crippen LogP contribution in [0.25, 0.3) is 0 Å². The van der Waals surface area contributed by atoms with Crippen LogP contribution in [0.2, 0.25) is 0 Å². The molecule has 27 heavy (non-hydrogen) atoms. The van der Waals surface area contributed by atoms with Crippen molar-refractivity contribution in [2.75, 3.05) is 44.0 Å². The van der Waals surface area contributed by atoms with E-state index >= 15 is 0 Å². The number of hydrogen-bond donors (Lipinski definition) is 2. The molecular formula is C19H27N3O5. The summed E-state index contributed by atoms with van der Waals surface area (Å²) in [6, 6.07) is 5.18.